The SMILES string of the molecule is CCCC.CNC(C)C(C)=O. The zero-order valence-electron chi connectivity index (χ0n) is 8.40. The van der Waals surface area contributed by atoms with Crippen molar-refractivity contribution in [3.05, 3.63) is 0 Å². The highest BCUT2D eigenvalue weighted by atomic mass is 16.1. The van der Waals surface area contributed by atoms with E-state index in [1.54, 1.807) is 14.0 Å². The third kappa shape index (κ3) is 12.8. The Labute approximate surface area is 70.4 Å². The molecule has 1 atom stereocenters. The molecule has 1 unspecified atom stereocenters. The quantitative estimate of drug-likeness (QED) is 0.682. The van der Waals surface area contributed by atoms with E-state index in [9.17, 15) is 4.79 Å². The average Bonchev–Trinajstić information content (AvgIpc) is 2.03. The van der Waals surface area contributed by atoms with Crippen LogP contribution < -0.4 is 5.32 Å². The van der Waals surface area contributed by atoms with Gasteiger partial charge in [-0.05, 0) is 20.9 Å². The van der Waals surface area contributed by atoms with Crippen LogP contribution in [0.4, 0.5) is 0 Å². The summed E-state index contributed by atoms with van der Waals surface area (Å²) in [7, 11) is 1.77. The molecule has 0 aromatic rings. The highest BCUT2D eigenvalue weighted by molar-refractivity contribution is 5.80. The highest BCUT2D eigenvalue weighted by Gasteiger charge is 2.00. The van der Waals surface area contributed by atoms with Crippen LogP contribution in [0.25, 0.3) is 0 Å². The lowest BCUT2D eigenvalue weighted by Crippen LogP contribution is -2.28. The molecule has 68 valence electrons. The fourth-order valence-electron chi connectivity index (χ4n) is 0.203. The molecule has 11 heavy (non-hydrogen) atoms. The van der Waals surface area contributed by atoms with Crippen LogP contribution in [0, 0.1) is 0 Å². The number of ketones is 1. The van der Waals surface area contributed by atoms with Gasteiger partial charge in [-0.1, -0.05) is 26.7 Å². The molecule has 0 fully saturated rings. The van der Waals surface area contributed by atoms with Crippen molar-refractivity contribution >= 4 is 5.78 Å². The molecule has 0 aliphatic rings. The van der Waals surface area contributed by atoms with Crippen molar-refractivity contribution in [2.24, 2.45) is 0 Å². The molecule has 0 bridgehead atoms. The Bertz CT molecular complexity index is 89.6. The summed E-state index contributed by atoms with van der Waals surface area (Å²) < 4.78 is 0. The Kier molecular flexibility index (Phi) is 11.6. The minimum atomic E-state index is 0.0139. The first-order valence-electron chi connectivity index (χ1n) is 4.27. The molecule has 0 aliphatic heterocycles. The number of hydrogen-bond acceptors (Lipinski definition) is 2. The van der Waals surface area contributed by atoms with Gasteiger partial charge in [-0.15, -0.1) is 0 Å². The summed E-state index contributed by atoms with van der Waals surface area (Å²) in [4.78, 5) is 10.3. The van der Waals surface area contributed by atoms with Crippen LogP contribution in [0.15, 0.2) is 0 Å². The maximum atomic E-state index is 10.3. The summed E-state index contributed by atoms with van der Waals surface area (Å²) in [6.07, 6.45) is 2.64. The summed E-state index contributed by atoms with van der Waals surface area (Å²) in [5.74, 6) is 0.183. The molecule has 0 saturated carbocycles. The third-order valence-corrected chi connectivity index (χ3v) is 1.54. The Morgan fingerprint density at radius 3 is 1.73 bits per heavy atom. The van der Waals surface area contributed by atoms with E-state index in [2.05, 4.69) is 19.2 Å². The first-order valence-corrected chi connectivity index (χ1v) is 4.27. The fraction of sp³-hybridized carbons (Fsp3) is 0.889. The predicted molar refractivity (Wildman–Crippen MR) is 49.8 cm³/mol. The number of rotatable bonds is 3. The number of unbranched alkanes of at least 4 members (excludes halogenated alkanes) is 1. The van der Waals surface area contributed by atoms with Gasteiger partial charge in [-0.2, -0.15) is 0 Å². The van der Waals surface area contributed by atoms with E-state index in [1.165, 1.54) is 12.8 Å². The van der Waals surface area contributed by atoms with Crippen molar-refractivity contribution in [1.29, 1.82) is 0 Å². The molecule has 1 N–H and O–H groups in total. The number of nitrogens with one attached hydrogen (secondary N) is 1. The van der Waals surface area contributed by atoms with Gasteiger partial charge < -0.3 is 5.32 Å². The van der Waals surface area contributed by atoms with Gasteiger partial charge in [0.2, 0.25) is 0 Å². The Hall–Kier alpha value is -0.370. The number of carbonyl (C=O) groups is 1. The van der Waals surface area contributed by atoms with E-state index >= 15 is 0 Å². The molecule has 2 nitrogen and oxygen atoms in total. The maximum absolute atomic E-state index is 10.3. The van der Waals surface area contributed by atoms with E-state index < -0.39 is 0 Å². The zero-order valence-corrected chi connectivity index (χ0v) is 8.40. The number of Topliss-reactive ketones (excluding diaryl/α,β-unsaturated/α-hetero) is 1. The molecule has 2 heteroatoms. The van der Waals surface area contributed by atoms with E-state index in [-0.39, 0.29) is 11.8 Å². The van der Waals surface area contributed by atoms with Crippen LogP contribution in [-0.4, -0.2) is 18.9 Å². The molecular formula is C9H21NO. The number of hydrogen-bond donors (Lipinski definition) is 1. The van der Waals surface area contributed by atoms with Crippen molar-refractivity contribution < 1.29 is 4.79 Å². The smallest absolute Gasteiger partial charge is 0.146 e. The number of carbonyl (C=O) groups excluding carboxylic acids is 1. The fourth-order valence-corrected chi connectivity index (χ4v) is 0.203. The Morgan fingerprint density at radius 2 is 1.73 bits per heavy atom. The third-order valence-electron chi connectivity index (χ3n) is 1.54. The predicted octanol–water partition coefficient (Wildman–Crippen LogP) is 1.99. The summed E-state index contributed by atoms with van der Waals surface area (Å²) in [6.45, 7) is 7.77. The second-order valence-corrected chi connectivity index (χ2v) is 2.62. The molecule has 0 aliphatic carbocycles. The van der Waals surface area contributed by atoms with Crippen molar-refractivity contribution in [1.82, 2.24) is 5.32 Å². The molecule has 0 amide bonds. The Balaban J connectivity index is 0. The summed E-state index contributed by atoms with van der Waals surface area (Å²) >= 11 is 0. The normalized spacial score (nSPS) is 11.4. The lowest BCUT2D eigenvalue weighted by Gasteiger charge is -2.01. The van der Waals surface area contributed by atoms with E-state index in [0.29, 0.717) is 0 Å². The molecule has 0 saturated heterocycles. The molecule has 0 spiro atoms. The average molecular weight is 159 g/mol. The standard InChI is InChI=1S/C5H11NO.C4H10/c1-4(6-3)5(2)7;1-3-4-2/h4,6H,1-3H3;3-4H2,1-2H3. The Morgan fingerprint density at radius 1 is 1.36 bits per heavy atom. The summed E-state index contributed by atoms with van der Waals surface area (Å²) in [6, 6.07) is 0.0139. The summed E-state index contributed by atoms with van der Waals surface area (Å²) in [5, 5.41) is 2.81. The molecular weight excluding hydrogens is 138 g/mol. The van der Waals surface area contributed by atoms with Gasteiger partial charge in [0.1, 0.15) is 5.78 Å². The first-order chi connectivity index (χ1) is 5.09. The van der Waals surface area contributed by atoms with Crippen LogP contribution in [0.1, 0.15) is 40.5 Å². The van der Waals surface area contributed by atoms with Crippen molar-refractivity contribution in [2.75, 3.05) is 7.05 Å². The van der Waals surface area contributed by atoms with Crippen molar-refractivity contribution in [3.8, 4) is 0 Å². The van der Waals surface area contributed by atoms with E-state index in [4.69, 9.17) is 0 Å². The van der Waals surface area contributed by atoms with Crippen LogP contribution in [0.5, 0.6) is 0 Å². The van der Waals surface area contributed by atoms with Gasteiger partial charge in [0.15, 0.2) is 0 Å². The molecule has 0 radical (unpaired) electrons. The molecule has 0 rings (SSSR count). The lowest BCUT2D eigenvalue weighted by atomic mass is 10.2. The summed E-state index contributed by atoms with van der Waals surface area (Å²) in [5.41, 5.74) is 0. The van der Waals surface area contributed by atoms with Crippen molar-refractivity contribution in [3.63, 3.8) is 0 Å². The van der Waals surface area contributed by atoms with Gasteiger partial charge >= 0.3 is 0 Å². The van der Waals surface area contributed by atoms with Crippen LogP contribution >= 0.6 is 0 Å². The van der Waals surface area contributed by atoms with Gasteiger partial charge in [0, 0.05) is 0 Å². The second kappa shape index (κ2) is 9.63. The lowest BCUT2D eigenvalue weighted by molar-refractivity contribution is -0.118. The second-order valence-electron chi connectivity index (χ2n) is 2.62. The number of likely N-dealkylation sites (N-methyl/N-ethyl adjacent to an activating group) is 1. The first kappa shape index (κ1) is 13.2. The largest absolute Gasteiger partial charge is 0.311 e. The molecule has 0 aromatic heterocycles. The van der Waals surface area contributed by atoms with Gasteiger partial charge in [-0.25, -0.2) is 0 Å². The van der Waals surface area contributed by atoms with Crippen LogP contribution in [-0.2, 0) is 4.79 Å². The van der Waals surface area contributed by atoms with Gasteiger partial charge in [-0.3, -0.25) is 4.79 Å². The van der Waals surface area contributed by atoms with E-state index in [1.807, 2.05) is 6.92 Å². The van der Waals surface area contributed by atoms with E-state index in [0.717, 1.165) is 0 Å². The molecule has 0 heterocycles. The topological polar surface area (TPSA) is 29.1 Å². The van der Waals surface area contributed by atoms with Gasteiger partial charge in [0.05, 0.1) is 6.04 Å². The molecule has 0 aromatic carbocycles. The zero-order chi connectivity index (χ0) is 9.28. The van der Waals surface area contributed by atoms with Crippen LogP contribution in [0.3, 0.4) is 0 Å². The van der Waals surface area contributed by atoms with Gasteiger partial charge in [0.25, 0.3) is 0 Å². The monoisotopic (exact) mass is 159 g/mol. The minimum absolute atomic E-state index is 0.0139. The minimum Gasteiger partial charge on any atom is -0.311 e. The van der Waals surface area contributed by atoms with Crippen LogP contribution in [0.2, 0.25) is 0 Å². The highest BCUT2D eigenvalue weighted by Crippen LogP contribution is 1.77. The maximum Gasteiger partial charge on any atom is 0.146 e. The van der Waals surface area contributed by atoms with Crippen molar-refractivity contribution in [2.45, 2.75) is 46.6 Å².